The van der Waals surface area contributed by atoms with E-state index in [1.54, 1.807) is 36.6 Å². The number of nitrogens with one attached hydrogen (secondary N) is 2. The zero-order chi connectivity index (χ0) is 19.2. The van der Waals surface area contributed by atoms with Crippen LogP contribution >= 0.6 is 11.3 Å². The Morgan fingerprint density at radius 3 is 2.56 bits per heavy atom. The number of H-pyrrole nitrogens is 1. The monoisotopic (exact) mass is 386 g/mol. The quantitative estimate of drug-likeness (QED) is 0.481. The van der Waals surface area contributed by atoms with Crippen molar-refractivity contribution in [2.45, 2.75) is 0 Å². The first-order valence-corrected chi connectivity index (χ1v) is 8.77. The van der Waals surface area contributed by atoms with E-state index in [0.717, 1.165) is 10.6 Å². The van der Waals surface area contributed by atoms with Crippen LogP contribution < -0.4 is 19.6 Å². The molecule has 3 aromatic rings. The Hall–Kier alpha value is -3.33. The number of benzene rings is 1. The lowest BCUT2D eigenvalue weighted by Crippen LogP contribution is -2.18. The first-order chi connectivity index (χ1) is 13.2. The Morgan fingerprint density at radius 1 is 1.15 bits per heavy atom. The van der Waals surface area contributed by atoms with E-state index in [-0.39, 0.29) is 5.69 Å². The molecule has 1 aromatic carbocycles. The average molecular weight is 386 g/mol. The Morgan fingerprint density at radius 2 is 1.89 bits per heavy atom. The van der Waals surface area contributed by atoms with Gasteiger partial charge in [0.05, 0.1) is 38.1 Å². The van der Waals surface area contributed by atoms with Crippen LogP contribution in [0.3, 0.4) is 0 Å². The molecule has 2 N–H and O–H groups in total. The lowest BCUT2D eigenvalue weighted by molar-refractivity contribution is 0.0950. The van der Waals surface area contributed by atoms with E-state index in [2.05, 4.69) is 20.7 Å². The van der Waals surface area contributed by atoms with Crippen molar-refractivity contribution in [2.24, 2.45) is 5.10 Å². The fourth-order valence-electron chi connectivity index (χ4n) is 2.37. The van der Waals surface area contributed by atoms with Gasteiger partial charge in [0.1, 0.15) is 5.75 Å². The third kappa shape index (κ3) is 4.09. The van der Waals surface area contributed by atoms with Crippen molar-refractivity contribution in [3.63, 3.8) is 0 Å². The summed E-state index contributed by atoms with van der Waals surface area (Å²) in [5.74, 6) is 1.17. The number of carbonyl (C=O) groups excluding carboxylic acids is 1. The number of hydrogen-bond donors (Lipinski definition) is 2. The number of methoxy groups -OCH3 is 3. The number of amides is 1. The Labute approximate surface area is 159 Å². The molecule has 0 atom stereocenters. The first kappa shape index (κ1) is 18.5. The van der Waals surface area contributed by atoms with Crippen molar-refractivity contribution < 1.29 is 19.0 Å². The van der Waals surface area contributed by atoms with Gasteiger partial charge in [-0.3, -0.25) is 9.89 Å². The van der Waals surface area contributed by atoms with Gasteiger partial charge >= 0.3 is 0 Å². The molecule has 27 heavy (non-hydrogen) atoms. The molecule has 0 aliphatic carbocycles. The summed E-state index contributed by atoms with van der Waals surface area (Å²) in [6, 6.07) is 8.94. The third-order valence-corrected chi connectivity index (χ3v) is 4.61. The number of nitrogens with zero attached hydrogens (tertiary/aromatic N) is 2. The number of ether oxygens (including phenoxy) is 3. The molecule has 0 fully saturated rings. The normalized spacial score (nSPS) is 10.8. The molecule has 0 saturated carbocycles. The molecule has 0 bridgehead atoms. The Balaban J connectivity index is 1.72. The van der Waals surface area contributed by atoms with E-state index < -0.39 is 5.91 Å². The summed E-state index contributed by atoms with van der Waals surface area (Å²) in [5, 5.41) is 12.8. The molecule has 0 unspecified atom stereocenters. The summed E-state index contributed by atoms with van der Waals surface area (Å²) in [6.45, 7) is 0. The number of hydrogen-bond acceptors (Lipinski definition) is 7. The highest BCUT2D eigenvalue weighted by Gasteiger charge is 2.12. The van der Waals surface area contributed by atoms with Gasteiger partial charge in [-0.25, -0.2) is 5.43 Å². The summed E-state index contributed by atoms with van der Waals surface area (Å²) in [7, 11) is 4.61. The molecular formula is C18H18N4O4S. The molecule has 8 nitrogen and oxygen atoms in total. The van der Waals surface area contributed by atoms with Gasteiger partial charge < -0.3 is 14.2 Å². The maximum Gasteiger partial charge on any atom is 0.291 e. The number of aromatic amines is 1. The zero-order valence-electron chi connectivity index (χ0n) is 15.0. The van der Waals surface area contributed by atoms with Gasteiger partial charge in [-0.05, 0) is 23.6 Å². The molecule has 1 amide bonds. The lowest BCUT2D eigenvalue weighted by Gasteiger charge is -2.11. The van der Waals surface area contributed by atoms with Gasteiger partial charge in [-0.2, -0.15) is 10.2 Å². The van der Waals surface area contributed by atoms with Crippen LogP contribution in [0, 0.1) is 0 Å². The number of hydrazone groups is 1. The zero-order valence-corrected chi connectivity index (χ0v) is 15.8. The van der Waals surface area contributed by atoms with Crippen molar-refractivity contribution in [1.82, 2.24) is 15.6 Å². The van der Waals surface area contributed by atoms with Crippen molar-refractivity contribution in [3.05, 3.63) is 47.0 Å². The largest absolute Gasteiger partial charge is 0.496 e. The van der Waals surface area contributed by atoms with Gasteiger partial charge in [0, 0.05) is 11.6 Å². The van der Waals surface area contributed by atoms with Crippen molar-refractivity contribution >= 4 is 23.5 Å². The van der Waals surface area contributed by atoms with Gasteiger partial charge in [0.15, 0.2) is 17.2 Å². The van der Waals surface area contributed by atoms with E-state index in [1.807, 2.05) is 17.5 Å². The van der Waals surface area contributed by atoms with Crippen molar-refractivity contribution in [3.8, 4) is 27.8 Å². The summed E-state index contributed by atoms with van der Waals surface area (Å²) in [4.78, 5) is 13.2. The number of aromatic nitrogens is 2. The summed E-state index contributed by atoms with van der Waals surface area (Å²) < 4.78 is 15.8. The van der Waals surface area contributed by atoms with E-state index in [0.29, 0.717) is 22.8 Å². The second-order valence-electron chi connectivity index (χ2n) is 5.29. The second-order valence-corrected chi connectivity index (χ2v) is 6.24. The molecule has 0 spiro atoms. The molecular weight excluding hydrogens is 368 g/mol. The fourth-order valence-corrected chi connectivity index (χ4v) is 3.06. The molecule has 0 saturated heterocycles. The van der Waals surface area contributed by atoms with E-state index in [9.17, 15) is 4.79 Å². The Kier molecular flexibility index (Phi) is 5.72. The molecule has 0 aliphatic rings. The summed E-state index contributed by atoms with van der Waals surface area (Å²) >= 11 is 1.56. The highest BCUT2D eigenvalue weighted by atomic mass is 32.1. The number of carbonyl (C=O) groups is 1. The molecule has 0 radical (unpaired) electrons. The molecule has 140 valence electrons. The van der Waals surface area contributed by atoms with Crippen LogP contribution in [0.1, 0.15) is 16.1 Å². The molecule has 3 rings (SSSR count). The minimum absolute atomic E-state index is 0.245. The van der Waals surface area contributed by atoms with Crippen molar-refractivity contribution in [2.75, 3.05) is 21.3 Å². The van der Waals surface area contributed by atoms with Crippen molar-refractivity contribution in [1.29, 1.82) is 0 Å². The molecule has 0 aliphatic heterocycles. The lowest BCUT2D eigenvalue weighted by atomic mass is 10.2. The van der Waals surface area contributed by atoms with Crippen LogP contribution in [0.25, 0.3) is 10.6 Å². The van der Waals surface area contributed by atoms with E-state index in [4.69, 9.17) is 14.2 Å². The molecule has 2 aromatic heterocycles. The van der Waals surface area contributed by atoms with Gasteiger partial charge in [0.25, 0.3) is 5.91 Å². The summed E-state index contributed by atoms with van der Waals surface area (Å²) in [6.07, 6.45) is 1.46. The predicted molar refractivity (Wildman–Crippen MR) is 103 cm³/mol. The standard InChI is InChI=1S/C18H18N4O4S/c1-24-14-9-16(26-3)15(25-2)7-11(14)10-19-22-18(23)13-8-12(20-21-13)17-5-4-6-27-17/h4-10H,1-3H3,(H,20,21)(H,22,23)/b19-10-. The van der Waals surface area contributed by atoms with E-state index in [1.165, 1.54) is 20.4 Å². The van der Waals surface area contributed by atoms with Crippen LogP contribution in [0.5, 0.6) is 17.2 Å². The molecule has 2 heterocycles. The molecule has 9 heteroatoms. The smallest absolute Gasteiger partial charge is 0.291 e. The number of thiophene rings is 1. The van der Waals surface area contributed by atoms with Gasteiger partial charge in [0.2, 0.25) is 0 Å². The van der Waals surface area contributed by atoms with Crippen LogP contribution in [0.4, 0.5) is 0 Å². The maximum atomic E-state index is 12.2. The first-order valence-electron chi connectivity index (χ1n) is 7.89. The second kappa shape index (κ2) is 8.37. The highest BCUT2D eigenvalue weighted by molar-refractivity contribution is 7.13. The van der Waals surface area contributed by atoms with E-state index >= 15 is 0 Å². The van der Waals surface area contributed by atoms with Gasteiger partial charge in [-0.15, -0.1) is 11.3 Å². The SMILES string of the molecule is COc1cc(OC)c(OC)cc1/C=N\NC(=O)c1cc(-c2cccs2)[nH]n1. The predicted octanol–water partition coefficient (Wildman–Crippen LogP) is 2.93. The highest BCUT2D eigenvalue weighted by Crippen LogP contribution is 2.33. The minimum Gasteiger partial charge on any atom is -0.496 e. The van der Waals surface area contributed by atoms with Crippen LogP contribution in [0.15, 0.2) is 40.8 Å². The van der Waals surface area contributed by atoms with Crippen LogP contribution in [-0.2, 0) is 0 Å². The topological polar surface area (TPSA) is 97.8 Å². The van der Waals surface area contributed by atoms with Gasteiger partial charge in [-0.1, -0.05) is 6.07 Å². The third-order valence-electron chi connectivity index (χ3n) is 3.70. The average Bonchev–Trinajstić information content (AvgIpc) is 3.38. The van der Waals surface area contributed by atoms with Crippen LogP contribution in [-0.4, -0.2) is 43.6 Å². The maximum absolute atomic E-state index is 12.2. The Bertz CT molecular complexity index is 950. The fraction of sp³-hybridized carbons (Fsp3) is 0.167. The van der Waals surface area contributed by atoms with Crippen LogP contribution in [0.2, 0.25) is 0 Å². The minimum atomic E-state index is -0.426. The summed E-state index contributed by atoms with van der Waals surface area (Å²) in [5.41, 5.74) is 4.09. The number of rotatable bonds is 7.